The molecule has 0 N–H and O–H groups in total. The molecule has 6 aliphatic rings. The maximum Gasteiger partial charge on any atom is 0.302 e. The van der Waals surface area contributed by atoms with E-state index >= 15 is 0 Å². The first-order valence-corrected chi connectivity index (χ1v) is 16.6. The van der Waals surface area contributed by atoms with Crippen molar-refractivity contribution in [1.29, 1.82) is 0 Å². The number of carbonyl (C=O) groups is 2. The third-order valence-corrected chi connectivity index (χ3v) is 15.1. The predicted octanol–water partition coefficient (Wildman–Crippen LogP) is 7.59. The number of fused-ring (bicyclic) bond motifs is 7. The molecule has 5 fully saturated rings. The minimum Gasteiger partial charge on any atom is -0.496 e. The highest BCUT2D eigenvalue weighted by atomic mass is 16.5. The molecule has 11 atom stereocenters. The summed E-state index contributed by atoms with van der Waals surface area (Å²) in [6.45, 7) is 21.2. The molecular weight excluding hydrogens is 526 g/mol. The molecule has 6 rings (SSSR count). The SMILES string of the molecule is C=C(C)[C@@H]1CC[C@]2(COC(C)=O)CC[C@]3(C)[C@H](CCC4[C@@]5(C)CC[C@H]([N+]6(C(=O)[O-])C=CN=N6)C(C)(C)[C@@H]5CC[C@]43C)[C@@H]12. The zero-order chi connectivity index (χ0) is 30.5. The zero-order valence-electron chi connectivity index (χ0n) is 27.1. The summed E-state index contributed by atoms with van der Waals surface area (Å²) in [5.74, 6) is 2.44. The molecular formula is C35H53N3O4. The summed E-state index contributed by atoms with van der Waals surface area (Å²) < 4.78 is 5.29. The summed E-state index contributed by atoms with van der Waals surface area (Å²) >= 11 is 0. The molecule has 0 saturated heterocycles. The fourth-order valence-electron chi connectivity index (χ4n) is 13.1. The standard InChI is InChI=1S/C35H53N3O4/c1-22(2)24-11-16-35(21-42-23(3)39)18-17-33(7)25(29(24)35)9-10-27-32(6)14-13-28(38(30(40)41)20-19-36-37-38)31(4,5)26(32)12-15-34(27,33)8/h19-20,24-29H,1,9-18,21H2,2-8H3/t24-,25+,26-,27?,28-,29+,32-,33+,34+,35+,38?/m0/s1. The van der Waals surface area contributed by atoms with Gasteiger partial charge in [0.15, 0.2) is 6.20 Å². The van der Waals surface area contributed by atoms with Crippen LogP contribution in [0, 0.1) is 56.7 Å². The van der Waals surface area contributed by atoms with Crippen LogP contribution in [-0.4, -0.2) is 29.3 Å². The van der Waals surface area contributed by atoms with Crippen LogP contribution in [0.15, 0.2) is 34.9 Å². The lowest BCUT2D eigenvalue weighted by Gasteiger charge is -2.73. The quantitative estimate of drug-likeness (QED) is 0.195. The molecule has 0 bridgehead atoms. The molecule has 0 aromatic rings. The summed E-state index contributed by atoms with van der Waals surface area (Å²) in [6.07, 6.45) is 13.1. The molecule has 1 amide bonds. The number of esters is 1. The fraction of sp³-hybridized carbons (Fsp3) is 0.829. The van der Waals surface area contributed by atoms with Crippen LogP contribution in [0.25, 0.3) is 0 Å². The van der Waals surface area contributed by atoms with Gasteiger partial charge in [-0.3, -0.25) is 4.79 Å². The minimum atomic E-state index is -1.18. The number of ether oxygens (including phenoxy) is 1. The average Bonchev–Trinajstić information content (AvgIpc) is 3.54. The molecule has 2 unspecified atom stereocenters. The van der Waals surface area contributed by atoms with Gasteiger partial charge in [-0.1, -0.05) is 46.8 Å². The zero-order valence-corrected chi connectivity index (χ0v) is 27.1. The highest BCUT2D eigenvalue weighted by Gasteiger charge is 2.72. The smallest absolute Gasteiger partial charge is 0.302 e. The molecule has 0 radical (unpaired) electrons. The van der Waals surface area contributed by atoms with Crippen molar-refractivity contribution in [2.24, 2.45) is 67.0 Å². The molecule has 7 nitrogen and oxygen atoms in total. The first-order valence-electron chi connectivity index (χ1n) is 16.6. The number of hydrogen-bond acceptors (Lipinski definition) is 6. The van der Waals surface area contributed by atoms with Gasteiger partial charge in [-0.25, -0.2) is 0 Å². The van der Waals surface area contributed by atoms with E-state index < -0.39 is 10.7 Å². The van der Waals surface area contributed by atoms with Gasteiger partial charge in [0.05, 0.1) is 6.61 Å². The Balaban J connectivity index is 1.35. The average molecular weight is 580 g/mol. The van der Waals surface area contributed by atoms with Crippen LogP contribution in [0.4, 0.5) is 4.79 Å². The van der Waals surface area contributed by atoms with Crippen molar-refractivity contribution >= 4 is 12.1 Å². The van der Waals surface area contributed by atoms with Crippen LogP contribution in [-0.2, 0) is 9.53 Å². The van der Waals surface area contributed by atoms with Gasteiger partial charge in [0.1, 0.15) is 12.2 Å². The number of carbonyl (C=O) groups excluding carboxylic acids is 2. The van der Waals surface area contributed by atoms with Gasteiger partial charge in [-0.05, 0) is 111 Å². The van der Waals surface area contributed by atoms with Gasteiger partial charge < -0.3 is 14.6 Å². The van der Waals surface area contributed by atoms with E-state index in [0.717, 1.165) is 38.5 Å². The lowest BCUT2D eigenvalue weighted by atomic mass is 9.32. The Morgan fingerprint density at radius 2 is 1.67 bits per heavy atom. The van der Waals surface area contributed by atoms with E-state index in [9.17, 15) is 14.7 Å². The Hall–Kier alpha value is -2.02. The van der Waals surface area contributed by atoms with Crippen molar-refractivity contribution in [3.63, 3.8) is 0 Å². The first kappa shape index (κ1) is 30.0. The van der Waals surface area contributed by atoms with Gasteiger partial charge in [0.2, 0.25) is 0 Å². The van der Waals surface area contributed by atoms with Crippen molar-refractivity contribution in [2.75, 3.05) is 6.61 Å². The molecule has 1 heterocycles. The summed E-state index contributed by atoms with van der Waals surface area (Å²) in [4.78, 5) is 24.5. The van der Waals surface area contributed by atoms with Gasteiger partial charge in [0.25, 0.3) is 6.09 Å². The van der Waals surface area contributed by atoms with Crippen LogP contribution < -0.4 is 5.11 Å². The lowest BCUT2D eigenvalue weighted by molar-refractivity contribution is -0.871. The summed E-state index contributed by atoms with van der Waals surface area (Å²) in [6, 6.07) is -0.189. The molecule has 7 heteroatoms. The molecule has 0 spiro atoms. The predicted molar refractivity (Wildman–Crippen MR) is 159 cm³/mol. The van der Waals surface area contributed by atoms with Crippen molar-refractivity contribution in [2.45, 2.75) is 119 Å². The monoisotopic (exact) mass is 579 g/mol. The molecule has 1 aliphatic heterocycles. The fourth-order valence-corrected chi connectivity index (χ4v) is 13.1. The van der Waals surface area contributed by atoms with E-state index in [-0.39, 0.29) is 39.1 Å². The number of amides is 1. The Morgan fingerprint density at radius 3 is 2.29 bits per heavy atom. The van der Waals surface area contributed by atoms with E-state index in [2.05, 4.69) is 58.5 Å². The number of rotatable bonds is 4. The van der Waals surface area contributed by atoms with E-state index in [1.165, 1.54) is 37.5 Å². The summed E-state index contributed by atoms with van der Waals surface area (Å²) in [5, 5.41) is 20.8. The van der Waals surface area contributed by atoms with Crippen LogP contribution in [0.3, 0.4) is 0 Å². The highest BCUT2D eigenvalue weighted by Crippen LogP contribution is 2.77. The normalized spacial score (nSPS) is 50.3. The minimum absolute atomic E-state index is 0.0737. The largest absolute Gasteiger partial charge is 0.496 e. The van der Waals surface area contributed by atoms with Gasteiger partial charge in [-0.15, -0.1) is 9.71 Å². The molecule has 5 aliphatic carbocycles. The number of nitrogens with zero attached hydrogens (tertiary/aromatic N) is 3. The maximum absolute atomic E-state index is 12.5. The Bertz CT molecular complexity index is 1230. The number of carboxylic acid groups (broad SMARTS) is 1. The third-order valence-electron chi connectivity index (χ3n) is 15.1. The molecule has 0 aromatic heterocycles. The highest BCUT2D eigenvalue weighted by molar-refractivity contribution is 5.66. The van der Waals surface area contributed by atoms with Gasteiger partial charge in [0, 0.05) is 29.4 Å². The molecule has 232 valence electrons. The topological polar surface area (TPSA) is 91.2 Å². The number of quaternary nitrogens is 1. The van der Waals surface area contributed by atoms with Crippen LogP contribution in [0.5, 0.6) is 0 Å². The lowest BCUT2D eigenvalue weighted by Crippen LogP contribution is -2.70. The molecule has 0 aromatic carbocycles. The summed E-state index contributed by atoms with van der Waals surface area (Å²) in [5.41, 5.74) is 1.68. The van der Waals surface area contributed by atoms with Crippen molar-refractivity contribution < 1.29 is 24.0 Å². The second-order valence-corrected chi connectivity index (χ2v) is 16.7. The number of hydrogen-bond donors (Lipinski definition) is 0. The molecule has 42 heavy (non-hydrogen) atoms. The molecule has 5 saturated carbocycles. The van der Waals surface area contributed by atoms with Crippen molar-refractivity contribution in [3.8, 4) is 0 Å². The van der Waals surface area contributed by atoms with Gasteiger partial charge >= 0.3 is 5.97 Å². The van der Waals surface area contributed by atoms with Crippen LogP contribution >= 0.6 is 0 Å². The third kappa shape index (κ3) is 3.73. The Kier molecular flexibility index (Phi) is 6.78. The van der Waals surface area contributed by atoms with Gasteiger partial charge in [-0.2, -0.15) is 0 Å². The van der Waals surface area contributed by atoms with E-state index in [4.69, 9.17) is 4.74 Å². The van der Waals surface area contributed by atoms with Crippen molar-refractivity contribution in [1.82, 2.24) is 0 Å². The van der Waals surface area contributed by atoms with Crippen LogP contribution in [0.1, 0.15) is 113 Å². The van der Waals surface area contributed by atoms with Crippen LogP contribution in [0.2, 0.25) is 0 Å². The number of allylic oxidation sites excluding steroid dienone is 1. The maximum atomic E-state index is 12.5. The van der Waals surface area contributed by atoms with E-state index in [1.54, 1.807) is 13.1 Å². The second kappa shape index (κ2) is 9.49. The first-order chi connectivity index (χ1) is 19.6. The van der Waals surface area contributed by atoms with Crippen molar-refractivity contribution in [3.05, 3.63) is 24.6 Å². The van der Waals surface area contributed by atoms with E-state index in [0.29, 0.717) is 36.2 Å². The van der Waals surface area contributed by atoms with E-state index in [1.807, 2.05) is 0 Å². The Labute approximate surface area is 252 Å². The second-order valence-electron chi connectivity index (χ2n) is 16.7. The summed E-state index contributed by atoms with van der Waals surface area (Å²) in [7, 11) is 0. The Morgan fingerprint density at radius 1 is 0.929 bits per heavy atom.